The summed E-state index contributed by atoms with van der Waals surface area (Å²) in [6.07, 6.45) is 2.87. The molecule has 1 heterocycles. The number of rotatable bonds is 4. The first-order chi connectivity index (χ1) is 9.43. The van der Waals surface area contributed by atoms with Crippen molar-refractivity contribution in [2.45, 2.75) is 4.90 Å². The predicted octanol–water partition coefficient (Wildman–Crippen LogP) is 1.54. The van der Waals surface area contributed by atoms with Crippen LogP contribution >= 0.6 is 0 Å². The molecule has 0 amide bonds. The highest BCUT2D eigenvalue weighted by atomic mass is 32.2. The topological polar surface area (TPSA) is 40.6 Å². The molecule has 0 aliphatic carbocycles. The number of hydrogen-bond acceptors (Lipinski definition) is 4. The fourth-order valence-electron chi connectivity index (χ4n) is 2.38. The van der Waals surface area contributed by atoms with Gasteiger partial charge in [-0.1, -0.05) is 12.1 Å². The molecule has 2 rings (SSSR count). The highest BCUT2D eigenvalue weighted by Gasteiger charge is 2.22. The molecule has 20 heavy (non-hydrogen) atoms. The first-order valence-corrected chi connectivity index (χ1v) is 8.39. The number of benzene rings is 1. The van der Waals surface area contributed by atoms with Gasteiger partial charge in [0.05, 0.1) is 5.69 Å². The van der Waals surface area contributed by atoms with Gasteiger partial charge < -0.3 is 4.90 Å². The van der Waals surface area contributed by atoms with Gasteiger partial charge in [0.25, 0.3) is 0 Å². The molecule has 1 saturated heterocycles. The maximum Gasteiger partial charge on any atom is 0.178 e. The molecule has 0 spiro atoms. The van der Waals surface area contributed by atoms with Crippen LogP contribution in [-0.2, 0) is 9.84 Å². The summed E-state index contributed by atoms with van der Waals surface area (Å²) >= 11 is 0. The van der Waals surface area contributed by atoms with Gasteiger partial charge >= 0.3 is 0 Å². The van der Waals surface area contributed by atoms with Crippen LogP contribution in [-0.4, -0.2) is 52.3 Å². The van der Waals surface area contributed by atoms with Gasteiger partial charge in [-0.3, -0.25) is 4.90 Å². The number of piperazine rings is 1. The predicted molar refractivity (Wildman–Crippen MR) is 78.4 cm³/mol. The molecule has 1 aliphatic heterocycles. The maximum atomic E-state index is 14.3. The van der Waals surface area contributed by atoms with E-state index in [0.29, 0.717) is 18.8 Å². The third-order valence-corrected chi connectivity index (χ3v) is 4.56. The van der Waals surface area contributed by atoms with Crippen molar-refractivity contribution in [2.24, 2.45) is 0 Å². The number of hydrogen-bond donors (Lipinski definition) is 0. The molecule has 4 nitrogen and oxygen atoms in total. The smallest absolute Gasteiger partial charge is 0.178 e. The Labute approximate surface area is 119 Å². The van der Waals surface area contributed by atoms with Gasteiger partial charge in [-0.2, -0.15) is 0 Å². The molecule has 0 saturated carbocycles. The van der Waals surface area contributed by atoms with Crippen molar-refractivity contribution in [3.05, 3.63) is 36.7 Å². The van der Waals surface area contributed by atoms with Crippen LogP contribution in [0.5, 0.6) is 0 Å². The lowest BCUT2D eigenvalue weighted by molar-refractivity contribution is 0.283. The van der Waals surface area contributed by atoms with E-state index in [2.05, 4.69) is 11.5 Å². The molecule has 1 aromatic rings. The molecule has 0 atom stereocenters. The highest BCUT2D eigenvalue weighted by molar-refractivity contribution is 7.90. The van der Waals surface area contributed by atoms with Crippen molar-refractivity contribution in [3.63, 3.8) is 0 Å². The highest BCUT2D eigenvalue weighted by Crippen LogP contribution is 2.26. The van der Waals surface area contributed by atoms with Crippen LogP contribution < -0.4 is 4.90 Å². The van der Waals surface area contributed by atoms with Crippen LogP contribution in [0.3, 0.4) is 0 Å². The van der Waals surface area contributed by atoms with Gasteiger partial charge in [-0.05, 0) is 12.1 Å². The average Bonchev–Trinajstić information content (AvgIpc) is 2.39. The lowest BCUT2D eigenvalue weighted by Gasteiger charge is -2.35. The van der Waals surface area contributed by atoms with E-state index in [4.69, 9.17) is 0 Å². The van der Waals surface area contributed by atoms with Crippen LogP contribution in [0.15, 0.2) is 35.7 Å². The summed E-state index contributed by atoms with van der Waals surface area (Å²) in [6.45, 7) is 7.51. The number of anilines is 1. The minimum atomic E-state index is -3.54. The standard InChI is InChI=1S/C14H19FN2O2S/c1-3-7-16-8-10-17(11-9-16)12-5-4-6-13(14(12)15)20(2,18)19/h3-6H,1,7-11H2,2H3. The first kappa shape index (κ1) is 15.0. The third-order valence-electron chi connectivity index (χ3n) is 3.44. The largest absolute Gasteiger partial charge is 0.367 e. The van der Waals surface area contributed by atoms with Crippen LogP contribution in [0.4, 0.5) is 10.1 Å². The summed E-state index contributed by atoms with van der Waals surface area (Å²) in [5, 5.41) is 0. The Balaban J connectivity index is 2.21. The number of nitrogens with zero attached hydrogens (tertiary/aromatic N) is 2. The van der Waals surface area contributed by atoms with E-state index in [1.165, 1.54) is 6.07 Å². The van der Waals surface area contributed by atoms with Gasteiger partial charge in [-0.15, -0.1) is 6.58 Å². The Morgan fingerprint density at radius 3 is 2.50 bits per heavy atom. The van der Waals surface area contributed by atoms with Crippen LogP contribution in [0.1, 0.15) is 0 Å². The van der Waals surface area contributed by atoms with Gasteiger partial charge in [0.2, 0.25) is 0 Å². The van der Waals surface area contributed by atoms with Crippen LogP contribution in [0, 0.1) is 5.82 Å². The fourth-order valence-corrected chi connectivity index (χ4v) is 3.14. The monoisotopic (exact) mass is 298 g/mol. The zero-order valence-corrected chi connectivity index (χ0v) is 12.4. The third kappa shape index (κ3) is 3.19. The van der Waals surface area contributed by atoms with E-state index < -0.39 is 15.7 Å². The number of halogens is 1. The molecule has 6 heteroatoms. The second-order valence-electron chi connectivity index (χ2n) is 4.94. The summed E-state index contributed by atoms with van der Waals surface area (Å²) in [5.41, 5.74) is 0.367. The van der Waals surface area contributed by atoms with Crippen molar-refractivity contribution in [3.8, 4) is 0 Å². The molecular weight excluding hydrogens is 279 g/mol. The minimum Gasteiger partial charge on any atom is -0.367 e. The Hall–Kier alpha value is -1.40. The van der Waals surface area contributed by atoms with E-state index >= 15 is 0 Å². The molecule has 0 N–H and O–H groups in total. The lowest BCUT2D eigenvalue weighted by Crippen LogP contribution is -2.46. The van der Waals surface area contributed by atoms with E-state index in [1.54, 1.807) is 12.1 Å². The summed E-state index contributed by atoms with van der Waals surface area (Å²) in [5.74, 6) is -0.646. The molecule has 1 aromatic carbocycles. The Morgan fingerprint density at radius 1 is 1.30 bits per heavy atom. The van der Waals surface area contributed by atoms with Crippen molar-refractivity contribution in [2.75, 3.05) is 43.9 Å². The van der Waals surface area contributed by atoms with E-state index in [0.717, 1.165) is 25.9 Å². The second kappa shape index (κ2) is 5.93. The first-order valence-electron chi connectivity index (χ1n) is 6.50. The molecule has 0 bridgehead atoms. The Morgan fingerprint density at radius 2 is 1.95 bits per heavy atom. The normalized spacial score (nSPS) is 17.2. The van der Waals surface area contributed by atoms with Gasteiger partial charge in [0.1, 0.15) is 4.90 Å². The van der Waals surface area contributed by atoms with Gasteiger partial charge in [-0.25, -0.2) is 12.8 Å². The fraction of sp³-hybridized carbons (Fsp3) is 0.429. The van der Waals surface area contributed by atoms with E-state index in [-0.39, 0.29) is 4.90 Å². The lowest BCUT2D eigenvalue weighted by atomic mass is 10.2. The summed E-state index contributed by atoms with van der Waals surface area (Å²) in [4.78, 5) is 3.88. The molecule has 110 valence electrons. The van der Waals surface area contributed by atoms with Crippen LogP contribution in [0.2, 0.25) is 0 Å². The quantitative estimate of drug-likeness (QED) is 0.791. The summed E-state index contributed by atoms with van der Waals surface area (Å²) < 4.78 is 37.4. The molecular formula is C14H19FN2O2S. The summed E-state index contributed by atoms with van der Waals surface area (Å²) in [6, 6.07) is 4.53. The molecule has 0 aromatic heterocycles. The Bertz CT molecular complexity index is 593. The molecule has 1 aliphatic rings. The summed E-state index contributed by atoms with van der Waals surface area (Å²) in [7, 11) is -3.54. The van der Waals surface area contributed by atoms with Gasteiger partial charge in [0, 0.05) is 39.0 Å². The SMILES string of the molecule is C=CCN1CCN(c2cccc(S(C)(=O)=O)c2F)CC1. The molecule has 0 radical (unpaired) electrons. The second-order valence-corrected chi connectivity index (χ2v) is 6.92. The average molecular weight is 298 g/mol. The Kier molecular flexibility index (Phi) is 4.45. The maximum absolute atomic E-state index is 14.3. The van der Waals surface area contributed by atoms with Crippen LogP contribution in [0.25, 0.3) is 0 Å². The minimum absolute atomic E-state index is 0.233. The van der Waals surface area contributed by atoms with E-state index in [1.807, 2.05) is 11.0 Å². The molecule has 1 fully saturated rings. The zero-order valence-electron chi connectivity index (χ0n) is 11.5. The van der Waals surface area contributed by atoms with Crippen molar-refractivity contribution in [1.82, 2.24) is 4.90 Å². The number of sulfone groups is 1. The van der Waals surface area contributed by atoms with Crippen molar-refractivity contribution < 1.29 is 12.8 Å². The molecule has 0 unspecified atom stereocenters. The van der Waals surface area contributed by atoms with Crippen molar-refractivity contribution >= 4 is 15.5 Å². The van der Waals surface area contributed by atoms with Gasteiger partial charge in [0.15, 0.2) is 15.7 Å². The zero-order chi connectivity index (χ0) is 14.8. The van der Waals surface area contributed by atoms with Crippen molar-refractivity contribution in [1.29, 1.82) is 0 Å². The van der Waals surface area contributed by atoms with E-state index in [9.17, 15) is 12.8 Å².